The Morgan fingerprint density at radius 2 is 2.23 bits per heavy atom. The van der Waals surface area contributed by atoms with Gasteiger partial charge in [0.1, 0.15) is 16.5 Å². The number of rotatable bonds is 6. The van der Waals surface area contributed by atoms with Gasteiger partial charge in [0.05, 0.1) is 26.9 Å². The van der Waals surface area contributed by atoms with Crippen LogP contribution in [0, 0.1) is 0 Å². The average molecular weight is 321 g/mol. The number of ether oxygens (including phenoxy) is 2. The molecule has 0 fully saturated rings. The van der Waals surface area contributed by atoms with Gasteiger partial charge < -0.3 is 15.2 Å². The summed E-state index contributed by atoms with van der Waals surface area (Å²) in [5, 5.41) is 12.2. The number of hydrogen-bond acceptors (Lipinski definition) is 8. The van der Waals surface area contributed by atoms with Crippen LogP contribution < -0.4 is 20.6 Å². The van der Waals surface area contributed by atoms with E-state index in [0.717, 1.165) is 0 Å². The molecule has 0 aliphatic carbocycles. The summed E-state index contributed by atoms with van der Waals surface area (Å²) in [5.74, 6) is 0.959. The second kappa shape index (κ2) is 7.36. The minimum atomic E-state index is -0.306. The average Bonchev–Trinajstić information content (AvgIpc) is 2.92. The third kappa shape index (κ3) is 4.16. The van der Waals surface area contributed by atoms with E-state index in [1.165, 1.54) is 17.6 Å². The molecule has 0 aliphatic heterocycles. The molecule has 2 aromatic rings. The Morgan fingerprint density at radius 1 is 1.41 bits per heavy atom. The first-order valence-electron chi connectivity index (χ1n) is 6.24. The van der Waals surface area contributed by atoms with Gasteiger partial charge in [-0.3, -0.25) is 4.79 Å². The molecule has 0 aliphatic rings. The standard InChI is InChI=1S/C13H15N5O3S/c1-20-9-4-3-8(10(5-9)21-2)7-15-16-11(19)6-12-17-18-13(14)22-12/h3-5,7H,6H2,1-2H3,(H2,14,18)(H,16,19)/b15-7+. The SMILES string of the molecule is COc1ccc(/C=N/NC(=O)Cc2nnc(N)s2)c(OC)c1. The number of anilines is 1. The summed E-state index contributed by atoms with van der Waals surface area (Å²) in [7, 11) is 3.12. The predicted molar refractivity (Wildman–Crippen MR) is 83.3 cm³/mol. The third-order valence-electron chi connectivity index (χ3n) is 2.63. The van der Waals surface area contributed by atoms with Gasteiger partial charge in [-0.1, -0.05) is 11.3 Å². The van der Waals surface area contributed by atoms with Gasteiger partial charge >= 0.3 is 0 Å². The molecule has 2 rings (SSSR count). The first-order chi connectivity index (χ1) is 10.6. The summed E-state index contributed by atoms with van der Waals surface area (Å²) in [4.78, 5) is 11.7. The maximum Gasteiger partial charge on any atom is 0.247 e. The van der Waals surface area contributed by atoms with Crippen molar-refractivity contribution >= 4 is 28.6 Å². The number of aromatic nitrogens is 2. The van der Waals surface area contributed by atoms with Crippen molar-refractivity contribution in [2.45, 2.75) is 6.42 Å². The van der Waals surface area contributed by atoms with Crippen LogP contribution in [0.2, 0.25) is 0 Å². The number of benzene rings is 1. The fourth-order valence-corrected chi connectivity index (χ4v) is 2.22. The quantitative estimate of drug-likeness (QED) is 0.602. The minimum absolute atomic E-state index is 0.0754. The molecule has 116 valence electrons. The van der Waals surface area contributed by atoms with Crippen LogP contribution in [0.1, 0.15) is 10.6 Å². The van der Waals surface area contributed by atoms with Crippen molar-refractivity contribution in [3.63, 3.8) is 0 Å². The fraction of sp³-hybridized carbons (Fsp3) is 0.231. The lowest BCUT2D eigenvalue weighted by molar-refractivity contribution is -0.120. The zero-order chi connectivity index (χ0) is 15.9. The van der Waals surface area contributed by atoms with Crippen molar-refractivity contribution < 1.29 is 14.3 Å². The highest BCUT2D eigenvalue weighted by atomic mass is 32.1. The molecule has 1 aromatic carbocycles. The molecule has 22 heavy (non-hydrogen) atoms. The molecule has 0 unspecified atom stereocenters. The Bertz CT molecular complexity index is 686. The summed E-state index contributed by atoms with van der Waals surface area (Å²) >= 11 is 1.17. The van der Waals surface area contributed by atoms with Crippen LogP contribution >= 0.6 is 11.3 Å². The lowest BCUT2D eigenvalue weighted by Crippen LogP contribution is -2.19. The van der Waals surface area contributed by atoms with Crippen molar-refractivity contribution in [3.8, 4) is 11.5 Å². The molecule has 1 aromatic heterocycles. The summed E-state index contributed by atoms with van der Waals surface area (Å²) in [6.45, 7) is 0. The Kier molecular flexibility index (Phi) is 5.26. The predicted octanol–water partition coefficient (Wildman–Crippen LogP) is 0.830. The zero-order valence-electron chi connectivity index (χ0n) is 12.1. The number of nitrogens with two attached hydrogens (primary N) is 1. The van der Waals surface area contributed by atoms with Crippen LogP contribution in [0.4, 0.5) is 5.13 Å². The van der Waals surface area contributed by atoms with E-state index in [-0.39, 0.29) is 12.3 Å². The van der Waals surface area contributed by atoms with Gasteiger partial charge in [0.25, 0.3) is 0 Å². The molecule has 0 bridgehead atoms. The highest BCUT2D eigenvalue weighted by Crippen LogP contribution is 2.22. The van der Waals surface area contributed by atoms with Gasteiger partial charge in [-0.05, 0) is 12.1 Å². The summed E-state index contributed by atoms with van der Waals surface area (Å²) in [6.07, 6.45) is 1.57. The van der Waals surface area contributed by atoms with Crippen LogP contribution in [-0.2, 0) is 11.2 Å². The van der Waals surface area contributed by atoms with Crippen LogP contribution in [-0.4, -0.2) is 36.5 Å². The number of nitrogens with one attached hydrogen (secondary N) is 1. The highest BCUT2D eigenvalue weighted by molar-refractivity contribution is 7.15. The molecule has 9 heteroatoms. The van der Waals surface area contributed by atoms with Crippen LogP contribution in [0.15, 0.2) is 23.3 Å². The summed E-state index contributed by atoms with van der Waals surface area (Å²) in [5.41, 5.74) is 8.57. The Balaban J connectivity index is 1.95. The summed E-state index contributed by atoms with van der Waals surface area (Å²) in [6, 6.07) is 5.28. The first kappa shape index (κ1) is 15.7. The molecule has 3 N–H and O–H groups in total. The fourth-order valence-electron chi connectivity index (χ4n) is 1.61. The van der Waals surface area contributed by atoms with Gasteiger partial charge in [-0.25, -0.2) is 5.43 Å². The number of carbonyl (C=O) groups excluding carboxylic acids is 1. The topological polar surface area (TPSA) is 112 Å². The number of amides is 1. The molecule has 1 amide bonds. The van der Waals surface area contributed by atoms with Crippen molar-refractivity contribution in [3.05, 3.63) is 28.8 Å². The molecular formula is C13H15N5O3S. The van der Waals surface area contributed by atoms with Crippen molar-refractivity contribution in [2.75, 3.05) is 20.0 Å². The van der Waals surface area contributed by atoms with Gasteiger partial charge in [-0.15, -0.1) is 10.2 Å². The first-order valence-corrected chi connectivity index (χ1v) is 7.06. The van der Waals surface area contributed by atoms with Crippen molar-refractivity contribution in [1.29, 1.82) is 0 Å². The van der Waals surface area contributed by atoms with Crippen LogP contribution in [0.25, 0.3) is 0 Å². The van der Waals surface area contributed by atoms with E-state index in [4.69, 9.17) is 15.2 Å². The van der Waals surface area contributed by atoms with E-state index in [1.807, 2.05) is 0 Å². The smallest absolute Gasteiger partial charge is 0.247 e. The molecule has 0 radical (unpaired) electrons. The monoisotopic (exact) mass is 321 g/mol. The second-order valence-electron chi connectivity index (χ2n) is 4.11. The number of nitrogen functional groups attached to an aromatic ring is 1. The normalized spacial score (nSPS) is 10.6. The van der Waals surface area contributed by atoms with Crippen molar-refractivity contribution in [2.24, 2.45) is 5.10 Å². The lowest BCUT2D eigenvalue weighted by atomic mass is 10.2. The van der Waals surface area contributed by atoms with Gasteiger partial charge in [-0.2, -0.15) is 5.10 Å². The third-order valence-corrected chi connectivity index (χ3v) is 3.38. The number of nitrogens with zero attached hydrogens (tertiary/aromatic N) is 3. The largest absolute Gasteiger partial charge is 0.497 e. The molecular weight excluding hydrogens is 306 g/mol. The van der Waals surface area contributed by atoms with E-state index < -0.39 is 0 Å². The van der Waals surface area contributed by atoms with Crippen LogP contribution in [0.3, 0.4) is 0 Å². The Labute approximate surface area is 131 Å². The number of hydrazone groups is 1. The summed E-state index contributed by atoms with van der Waals surface area (Å²) < 4.78 is 10.3. The number of hydrogen-bond donors (Lipinski definition) is 2. The van der Waals surface area contributed by atoms with E-state index >= 15 is 0 Å². The second-order valence-corrected chi connectivity index (χ2v) is 5.21. The molecule has 0 spiro atoms. The maximum atomic E-state index is 11.7. The maximum absolute atomic E-state index is 11.7. The lowest BCUT2D eigenvalue weighted by Gasteiger charge is -2.06. The molecule has 8 nitrogen and oxygen atoms in total. The Morgan fingerprint density at radius 3 is 2.86 bits per heavy atom. The van der Waals surface area contributed by atoms with Crippen molar-refractivity contribution in [1.82, 2.24) is 15.6 Å². The van der Waals surface area contributed by atoms with E-state index in [9.17, 15) is 4.79 Å². The number of carbonyl (C=O) groups is 1. The zero-order valence-corrected chi connectivity index (χ0v) is 12.9. The number of methoxy groups -OCH3 is 2. The molecule has 0 saturated carbocycles. The Hall–Kier alpha value is -2.68. The van der Waals surface area contributed by atoms with E-state index in [2.05, 4.69) is 20.7 Å². The highest BCUT2D eigenvalue weighted by Gasteiger charge is 2.07. The van der Waals surface area contributed by atoms with Crippen LogP contribution in [0.5, 0.6) is 11.5 Å². The molecule has 0 atom stereocenters. The molecule has 1 heterocycles. The minimum Gasteiger partial charge on any atom is -0.497 e. The van der Waals surface area contributed by atoms with E-state index in [0.29, 0.717) is 27.2 Å². The van der Waals surface area contributed by atoms with Gasteiger partial charge in [0, 0.05) is 11.6 Å². The molecule has 0 saturated heterocycles. The van der Waals surface area contributed by atoms with E-state index in [1.54, 1.807) is 32.4 Å². The van der Waals surface area contributed by atoms with Gasteiger partial charge in [0.15, 0.2) is 0 Å². The van der Waals surface area contributed by atoms with Gasteiger partial charge in [0.2, 0.25) is 11.0 Å².